The van der Waals surface area contributed by atoms with Crippen LogP contribution in [-0.4, -0.2) is 29.8 Å². The van der Waals surface area contributed by atoms with Crippen LogP contribution < -0.4 is 5.32 Å². The molecule has 0 aliphatic carbocycles. The van der Waals surface area contributed by atoms with Crippen LogP contribution in [0.5, 0.6) is 0 Å². The number of urea groups is 1. The monoisotopic (exact) mass is 260 g/mol. The second-order valence-electron chi connectivity index (χ2n) is 4.30. The van der Waals surface area contributed by atoms with Crippen molar-refractivity contribution >= 4 is 17.5 Å². The number of hydrogen-bond donors (Lipinski definition) is 1. The van der Waals surface area contributed by atoms with Crippen molar-refractivity contribution < 1.29 is 9.59 Å². The molecule has 1 N–H and O–H groups in total. The summed E-state index contributed by atoms with van der Waals surface area (Å²) in [6.07, 6.45) is 2.60. The van der Waals surface area contributed by atoms with Crippen molar-refractivity contribution in [2.75, 3.05) is 18.4 Å². The first-order chi connectivity index (χ1) is 9.08. The third-order valence-electron chi connectivity index (χ3n) is 2.67. The molecule has 0 spiro atoms. The van der Waals surface area contributed by atoms with E-state index in [-0.39, 0.29) is 11.8 Å². The van der Waals surface area contributed by atoms with Gasteiger partial charge in [0.05, 0.1) is 0 Å². The average Bonchev–Trinajstić information content (AvgIpc) is 2.39. The first-order valence-corrected chi connectivity index (χ1v) is 6.36. The van der Waals surface area contributed by atoms with Gasteiger partial charge in [0, 0.05) is 24.3 Å². The molecule has 4 nitrogen and oxygen atoms in total. The molecule has 0 unspecified atom stereocenters. The van der Waals surface area contributed by atoms with Crippen molar-refractivity contribution in [1.82, 2.24) is 4.90 Å². The molecule has 1 aromatic rings. The summed E-state index contributed by atoms with van der Waals surface area (Å²) in [6, 6.07) is 6.71. The van der Waals surface area contributed by atoms with E-state index in [4.69, 9.17) is 0 Å². The predicted molar refractivity (Wildman–Crippen MR) is 77.5 cm³/mol. The number of rotatable bonds is 6. The Labute approximate surface area is 114 Å². The maximum atomic E-state index is 12.0. The quantitative estimate of drug-likeness (QED) is 0.630. The molecule has 0 aromatic heterocycles. The molecule has 0 aliphatic heterocycles. The van der Waals surface area contributed by atoms with Crippen LogP contribution >= 0.6 is 0 Å². The van der Waals surface area contributed by atoms with Gasteiger partial charge in [-0.05, 0) is 37.6 Å². The second-order valence-corrected chi connectivity index (χ2v) is 4.30. The standard InChI is InChI=1S/C15H20N2O2/c1-4-10-17(11-5-2)15(19)16-14-8-6-13(7-9-14)12(3)18/h4,6-9H,1,5,10-11H2,2-3H3,(H,16,19). The summed E-state index contributed by atoms with van der Waals surface area (Å²) in [5, 5.41) is 2.81. The molecule has 0 radical (unpaired) electrons. The molecular formula is C15H20N2O2. The van der Waals surface area contributed by atoms with E-state index in [1.807, 2.05) is 6.92 Å². The van der Waals surface area contributed by atoms with Crippen molar-refractivity contribution in [3.63, 3.8) is 0 Å². The number of benzene rings is 1. The van der Waals surface area contributed by atoms with Gasteiger partial charge in [0.2, 0.25) is 0 Å². The Kier molecular flexibility index (Phi) is 5.79. The van der Waals surface area contributed by atoms with Gasteiger partial charge in [0.1, 0.15) is 0 Å². The highest BCUT2D eigenvalue weighted by atomic mass is 16.2. The highest BCUT2D eigenvalue weighted by Crippen LogP contribution is 2.11. The van der Waals surface area contributed by atoms with E-state index < -0.39 is 0 Å². The normalized spacial score (nSPS) is 9.79. The highest BCUT2D eigenvalue weighted by Gasteiger charge is 2.11. The number of nitrogens with one attached hydrogen (secondary N) is 1. The van der Waals surface area contributed by atoms with Gasteiger partial charge >= 0.3 is 6.03 Å². The first kappa shape index (κ1) is 15.0. The Morgan fingerprint density at radius 3 is 2.42 bits per heavy atom. The zero-order valence-corrected chi connectivity index (χ0v) is 11.5. The van der Waals surface area contributed by atoms with Crippen LogP contribution in [0.3, 0.4) is 0 Å². The van der Waals surface area contributed by atoms with E-state index in [1.54, 1.807) is 35.2 Å². The molecule has 0 aliphatic rings. The average molecular weight is 260 g/mol. The lowest BCUT2D eigenvalue weighted by Crippen LogP contribution is -2.35. The molecule has 0 saturated carbocycles. The van der Waals surface area contributed by atoms with Gasteiger partial charge in [-0.15, -0.1) is 6.58 Å². The fourth-order valence-corrected chi connectivity index (χ4v) is 1.69. The van der Waals surface area contributed by atoms with E-state index in [0.717, 1.165) is 6.42 Å². The number of carbonyl (C=O) groups is 2. The number of hydrogen-bond acceptors (Lipinski definition) is 2. The largest absolute Gasteiger partial charge is 0.322 e. The Bertz CT molecular complexity index is 452. The fourth-order valence-electron chi connectivity index (χ4n) is 1.69. The molecule has 0 fully saturated rings. The minimum absolute atomic E-state index is 0.0112. The Balaban J connectivity index is 2.69. The van der Waals surface area contributed by atoms with Crippen molar-refractivity contribution in [2.24, 2.45) is 0 Å². The van der Waals surface area contributed by atoms with Crippen LogP contribution in [0.2, 0.25) is 0 Å². The first-order valence-electron chi connectivity index (χ1n) is 6.36. The molecule has 0 saturated heterocycles. The van der Waals surface area contributed by atoms with Gasteiger partial charge in [0.15, 0.2) is 5.78 Å². The lowest BCUT2D eigenvalue weighted by molar-refractivity contribution is 0.101. The summed E-state index contributed by atoms with van der Waals surface area (Å²) in [5.41, 5.74) is 1.31. The van der Waals surface area contributed by atoms with E-state index in [1.165, 1.54) is 6.92 Å². The van der Waals surface area contributed by atoms with E-state index >= 15 is 0 Å². The summed E-state index contributed by atoms with van der Waals surface area (Å²) in [5.74, 6) is 0.0112. The van der Waals surface area contributed by atoms with Crippen LogP contribution in [0.1, 0.15) is 30.6 Å². The minimum atomic E-state index is -0.155. The highest BCUT2D eigenvalue weighted by molar-refractivity contribution is 5.95. The summed E-state index contributed by atoms with van der Waals surface area (Å²) in [4.78, 5) is 24.8. The van der Waals surface area contributed by atoms with Crippen LogP contribution in [0, 0.1) is 0 Å². The van der Waals surface area contributed by atoms with E-state index in [9.17, 15) is 9.59 Å². The van der Waals surface area contributed by atoms with Crippen LogP contribution in [0.25, 0.3) is 0 Å². The van der Waals surface area contributed by atoms with Crippen molar-refractivity contribution in [2.45, 2.75) is 20.3 Å². The second kappa shape index (κ2) is 7.36. The Morgan fingerprint density at radius 2 is 1.95 bits per heavy atom. The third kappa shape index (κ3) is 4.58. The molecule has 0 heterocycles. The predicted octanol–water partition coefficient (Wildman–Crippen LogP) is 3.32. The zero-order valence-electron chi connectivity index (χ0n) is 11.5. The molecule has 1 aromatic carbocycles. The lowest BCUT2D eigenvalue weighted by Gasteiger charge is -2.20. The Hall–Kier alpha value is -2.10. The molecule has 0 bridgehead atoms. The molecule has 2 amide bonds. The Morgan fingerprint density at radius 1 is 1.32 bits per heavy atom. The minimum Gasteiger partial charge on any atom is -0.321 e. The van der Waals surface area contributed by atoms with Crippen LogP contribution in [-0.2, 0) is 0 Å². The number of anilines is 1. The molecular weight excluding hydrogens is 240 g/mol. The van der Waals surface area contributed by atoms with Gasteiger partial charge in [0.25, 0.3) is 0 Å². The van der Waals surface area contributed by atoms with Crippen molar-refractivity contribution in [1.29, 1.82) is 0 Å². The molecule has 4 heteroatoms. The number of ketones is 1. The third-order valence-corrected chi connectivity index (χ3v) is 2.67. The van der Waals surface area contributed by atoms with E-state index in [2.05, 4.69) is 11.9 Å². The number of carbonyl (C=O) groups excluding carboxylic acids is 2. The lowest BCUT2D eigenvalue weighted by atomic mass is 10.1. The van der Waals surface area contributed by atoms with Crippen molar-refractivity contribution in [3.8, 4) is 0 Å². The molecule has 19 heavy (non-hydrogen) atoms. The molecule has 102 valence electrons. The van der Waals surface area contributed by atoms with Gasteiger partial charge in [-0.2, -0.15) is 0 Å². The van der Waals surface area contributed by atoms with Gasteiger partial charge in [-0.25, -0.2) is 4.79 Å². The van der Waals surface area contributed by atoms with E-state index in [0.29, 0.717) is 24.3 Å². The number of nitrogens with zero attached hydrogens (tertiary/aromatic N) is 1. The molecule has 1 rings (SSSR count). The van der Waals surface area contributed by atoms with Crippen LogP contribution in [0.15, 0.2) is 36.9 Å². The summed E-state index contributed by atoms with van der Waals surface area (Å²) in [7, 11) is 0. The summed E-state index contributed by atoms with van der Waals surface area (Å²) < 4.78 is 0. The number of Topliss-reactive ketones (excluding diaryl/α,β-unsaturated/α-hetero) is 1. The SMILES string of the molecule is C=CCN(CCC)C(=O)Nc1ccc(C(C)=O)cc1. The van der Waals surface area contributed by atoms with Crippen LogP contribution in [0.4, 0.5) is 10.5 Å². The zero-order chi connectivity index (χ0) is 14.3. The number of amides is 2. The van der Waals surface area contributed by atoms with Gasteiger partial charge in [-0.3, -0.25) is 4.79 Å². The van der Waals surface area contributed by atoms with Gasteiger partial charge < -0.3 is 10.2 Å². The molecule has 0 atom stereocenters. The van der Waals surface area contributed by atoms with Crippen molar-refractivity contribution in [3.05, 3.63) is 42.5 Å². The fraction of sp³-hybridized carbons (Fsp3) is 0.333. The van der Waals surface area contributed by atoms with Gasteiger partial charge in [-0.1, -0.05) is 13.0 Å². The maximum absolute atomic E-state index is 12.0. The topological polar surface area (TPSA) is 49.4 Å². The maximum Gasteiger partial charge on any atom is 0.322 e. The summed E-state index contributed by atoms with van der Waals surface area (Å²) in [6.45, 7) is 8.38. The smallest absolute Gasteiger partial charge is 0.321 e. The summed E-state index contributed by atoms with van der Waals surface area (Å²) >= 11 is 0.